The molecule has 2 aliphatic rings. The molecule has 0 amide bonds. The van der Waals surface area contributed by atoms with Crippen molar-refractivity contribution in [3.63, 3.8) is 0 Å². The Morgan fingerprint density at radius 1 is 1.21 bits per heavy atom. The van der Waals surface area contributed by atoms with E-state index in [9.17, 15) is 4.39 Å². The number of piperazine rings is 1. The zero-order valence-electron chi connectivity index (χ0n) is 16.7. The van der Waals surface area contributed by atoms with Gasteiger partial charge in [0, 0.05) is 51.6 Å². The van der Waals surface area contributed by atoms with Crippen LogP contribution in [0.5, 0.6) is 0 Å². The summed E-state index contributed by atoms with van der Waals surface area (Å²) in [5, 5.41) is 7.59. The van der Waals surface area contributed by atoms with Crippen LogP contribution in [0.1, 0.15) is 19.3 Å². The van der Waals surface area contributed by atoms with Crippen LogP contribution in [0.4, 0.5) is 10.1 Å². The number of benzene rings is 1. The normalized spacial score (nSPS) is 20.7. The van der Waals surface area contributed by atoms with Crippen molar-refractivity contribution in [1.29, 1.82) is 0 Å². The lowest BCUT2D eigenvalue weighted by Gasteiger charge is -2.36. The Balaban J connectivity index is 0.00000280. The maximum absolute atomic E-state index is 13.9. The smallest absolute Gasteiger partial charge is 0.191 e. The molecule has 2 N–H and O–H groups in total. The van der Waals surface area contributed by atoms with Gasteiger partial charge in [-0.2, -0.15) is 11.8 Å². The van der Waals surface area contributed by atoms with Gasteiger partial charge in [-0.1, -0.05) is 12.1 Å². The summed E-state index contributed by atoms with van der Waals surface area (Å²) in [4.78, 5) is 8.93. The first kappa shape index (κ1) is 23.5. The Morgan fingerprint density at radius 2 is 2.00 bits per heavy atom. The second-order valence-corrected chi connectivity index (χ2v) is 8.56. The SMILES string of the molecule is CN=C(NCCCN1CCN(c2ccccc2F)CC1)NCC1CCCS1.I. The standard InChI is InChI=1S/C20H32FN5S.HI/c1-22-20(24-16-17-6-4-15-27-17)23-9-5-10-25-11-13-26(14-12-25)19-8-3-2-7-18(19)21;/h2-3,7-8,17H,4-6,9-16H2,1H3,(H2,22,23,24);1H. The van der Waals surface area contributed by atoms with E-state index in [4.69, 9.17) is 0 Å². The number of nitrogens with one attached hydrogen (secondary N) is 2. The summed E-state index contributed by atoms with van der Waals surface area (Å²) >= 11 is 2.06. The average molecular weight is 521 g/mol. The first-order chi connectivity index (χ1) is 13.3. The lowest BCUT2D eigenvalue weighted by atomic mass is 10.2. The number of anilines is 1. The predicted molar refractivity (Wildman–Crippen MR) is 130 cm³/mol. The fourth-order valence-corrected chi connectivity index (χ4v) is 4.87. The zero-order valence-corrected chi connectivity index (χ0v) is 19.8. The Kier molecular flexibility index (Phi) is 10.7. The van der Waals surface area contributed by atoms with Crippen LogP contribution in [0.3, 0.4) is 0 Å². The average Bonchev–Trinajstić information content (AvgIpc) is 3.22. The van der Waals surface area contributed by atoms with Gasteiger partial charge in [-0.15, -0.1) is 24.0 Å². The molecule has 0 aliphatic carbocycles. The van der Waals surface area contributed by atoms with Gasteiger partial charge in [-0.05, 0) is 43.7 Å². The Hall–Kier alpha value is -0.740. The Bertz CT molecular complexity index is 604. The molecule has 8 heteroatoms. The van der Waals surface area contributed by atoms with Crippen molar-refractivity contribution < 1.29 is 4.39 Å². The molecule has 158 valence electrons. The van der Waals surface area contributed by atoms with E-state index in [1.54, 1.807) is 12.1 Å². The molecule has 1 unspecified atom stereocenters. The molecule has 3 rings (SSSR count). The van der Waals surface area contributed by atoms with Crippen molar-refractivity contribution in [3.8, 4) is 0 Å². The number of guanidine groups is 1. The molecule has 2 fully saturated rings. The highest BCUT2D eigenvalue weighted by Crippen LogP contribution is 2.25. The van der Waals surface area contributed by atoms with Crippen molar-refractivity contribution >= 4 is 47.4 Å². The van der Waals surface area contributed by atoms with Crippen LogP contribution in [-0.4, -0.2) is 74.7 Å². The summed E-state index contributed by atoms with van der Waals surface area (Å²) in [6, 6.07) is 7.07. The number of thioether (sulfide) groups is 1. The quantitative estimate of drug-likeness (QED) is 0.250. The van der Waals surface area contributed by atoms with E-state index in [-0.39, 0.29) is 29.8 Å². The van der Waals surface area contributed by atoms with Crippen molar-refractivity contribution in [2.75, 3.05) is 63.5 Å². The molecule has 0 radical (unpaired) electrons. The summed E-state index contributed by atoms with van der Waals surface area (Å²) in [5.74, 6) is 2.08. The van der Waals surface area contributed by atoms with Gasteiger partial charge in [0.05, 0.1) is 5.69 Å². The van der Waals surface area contributed by atoms with Gasteiger partial charge in [-0.3, -0.25) is 9.89 Å². The summed E-state index contributed by atoms with van der Waals surface area (Å²) in [5.41, 5.74) is 0.731. The van der Waals surface area contributed by atoms with E-state index in [0.717, 1.165) is 69.1 Å². The predicted octanol–water partition coefficient (Wildman–Crippen LogP) is 3.02. The molecule has 0 saturated carbocycles. The molecule has 1 atom stereocenters. The van der Waals surface area contributed by atoms with E-state index in [0.29, 0.717) is 0 Å². The molecular formula is C20H33FIN5S. The first-order valence-electron chi connectivity index (χ1n) is 10.0. The van der Waals surface area contributed by atoms with Gasteiger partial charge >= 0.3 is 0 Å². The van der Waals surface area contributed by atoms with E-state index in [1.807, 2.05) is 19.2 Å². The Labute approximate surface area is 189 Å². The number of para-hydroxylation sites is 1. The van der Waals surface area contributed by atoms with E-state index in [1.165, 1.54) is 18.6 Å². The van der Waals surface area contributed by atoms with Gasteiger partial charge in [0.15, 0.2) is 5.96 Å². The van der Waals surface area contributed by atoms with Gasteiger partial charge in [0.2, 0.25) is 0 Å². The third-order valence-corrected chi connectivity index (χ3v) is 6.65. The van der Waals surface area contributed by atoms with Crippen molar-refractivity contribution in [3.05, 3.63) is 30.1 Å². The van der Waals surface area contributed by atoms with E-state index >= 15 is 0 Å². The zero-order chi connectivity index (χ0) is 18.9. The number of hydrogen-bond donors (Lipinski definition) is 2. The monoisotopic (exact) mass is 521 g/mol. The first-order valence-corrected chi connectivity index (χ1v) is 11.1. The second kappa shape index (κ2) is 12.7. The molecule has 2 aliphatic heterocycles. The lowest BCUT2D eigenvalue weighted by molar-refractivity contribution is 0.254. The summed E-state index contributed by atoms with van der Waals surface area (Å²) in [6.07, 6.45) is 3.74. The van der Waals surface area contributed by atoms with Gasteiger partial charge < -0.3 is 15.5 Å². The second-order valence-electron chi connectivity index (χ2n) is 7.15. The van der Waals surface area contributed by atoms with Gasteiger partial charge in [-0.25, -0.2) is 4.39 Å². The molecule has 1 aromatic carbocycles. The van der Waals surface area contributed by atoms with E-state index in [2.05, 4.69) is 37.2 Å². The van der Waals surface area contributed by atoms with Crippen molar-refractivity contribution in [2.24, 2.45) is 4.99 Å². The molecule has 0 spiro atoms. The molecule has 0 aromatic heterocycles. The minimum atomic E-state index is -0.120. The van der Waals surface area contributed by atoms with Crippen LogP contribution in [-0.2, 0) is 0 Å². The summed E-state index contributed by atoms with van der Waals surface area (Å²) in [6.45, 7) is 6.73. The highest BCUT2D eigenvalue weighted by atomic mass is 127. The third kappa shape index (κ3) is 7.26. The largest absolute Gasteiger partial charge is 0.367 e. The number of hydrogen-bond acceptors (Lipinski definition) is 4. The fourth-order valence-electron chi connectivity index (χ4n) is 3.67. The lowest BCUT2D eigenvalue weighted by Crippen LogP contribution is -2.47. The molecule has 0 bridgehead atoms. The van der Waals surface area contributed by atoms with Crippen LogP contribution in [0, 0.1) is 5.82 Å². The van der Waals surface area contributed by atoms with Crippen LogP contribution in [0.15, 0.2) is 29.3 Å². The Morgan fingerprint density at radius 3 is 2.68 bits per heavy atom. The van der Waals surface area contributed by atoms with Gasteiger partial charge in [0.1, 0.15) is 5.82 Å². The number of rotatable bonds is 7. The third-order valence-electron chi connectivity index (χ3n) is 5.25. The van der Waals surface area contributed by atoms with Crippen LogP contribution >= 0.6 is 35.7 Å². The molecule has 5 nitrogen and oxygen atoms in total. The molecule has 1 aromatic rings. The molecule has 28 heavy (non-hydrogen) atoms. The number of halogens is 2. The molecule has 2 saturated heterocycles. The minimum absolute atomic E-state index is 0. The number of aliphatic imine (C=N–C) groups is 1. The highest BCUT2D eigenvalue weighted by molar-refractivity contribution is 14.0. The summed E-state index contributed by atoms with van der Waals surface area (Å²) < 4.78 is 13.9. The van der Waals surface area contributed by atoms with E-state index < -0.39 is 0 Å². The fraction of sp³-hybridized carbons (Fsp3) is 0.650. The maximum atomic E-state index is 13.9. The molecular weight excluding hydrogens is 488 g/mol. The van der Waals surface area contributed by atoms with Crippen LogP contribution in [0.25, 0.3) is 0 Å². The maximum Gasteiger partial charge on any atom is 0.191 e. The summed E-state index contributed by atoms with van der Waals surface area (Å²) in [7, 11) is 1.83. The highest BCUT2D eigenvalue weighted by Gasteiger charge is 2.19. The van der Waals surface area contributed by atoms with Crippen LogP contribution < -0.4 is 15.5 Å². The minimum Gasteiger partial charge on any atom is -0.367 e. The van der Waals surface area contributed by atoms with Crippen molar-refractivity contribution in [2.45, 2.75) is 24.5 Å². The van der Waals surface area contributed by atoms with Gasteiger partial charge in [0.25, 0.3) is 0 Å². The molecule has 2 heterocycles. The van der Waals surface area contributed by atoms with Crippen molar-refractivity contribution in [1.82, 2.24) is 15.5 Å². The topological polar surface area (TPSA) is 42.9 Å². The number of nitrogens with zero attached hydrogens (tertiary/aromatic N) is 3. The van der Waals surface area contributed by atoms with Crippen LogP contribution in [0.2, 0.25) is 0 Å².